The molecule has 1 aliphatic heterocycles. The fourth-order valence-electron chi connectivity index (χ4n) is 3.77. The summed E-state index contributed by atoms with van der Waals surface area (Å²) >= 11 is 0. The van der Waals surface area contributed by atoms with Gasteiger partial charge in [-0.15, -0.1) is 0 Å². The molecule has 1 fully saturated rings. The van der Waals surface area contributed by atoms with Crippen LogP contribution in [0.25, 0.3) is 6.08 Å². The minimum Gasteiger partial charge on any atom is -0.326 e. The minimum absolute atomic E-state index is 0.145. The van der Waals surface area contributed by atoms with E-state index in [1.54, 1.807) is 12.2 Å². The minimum atomic E-state index is -3.77. The highest BCUT2D eigenvalue weighted by atomic mass is 32.2. The average Bonchev–Trinajstić information content (AvgIpc) is 2.78. The van der Waals surface area contributed by atoms with E-state index < -0.39 is 20.2 Å². The van der Waals surface area contributed by atoms with E-state index in [-0.39, 0.29) is 31.4 Å². The van der Waals surface area contributed by atoms with Gasteiger partial charge in [0.2, 0.25) is 10.0 Å². The second-order valence-corrected chi connectivity index (χ2v) is 11.3. The van der Waals surface area contributed by atoms with E-state index in [4.69, 9.17) is 10.9 Å². The lowest BCUT2D eigenvalue weighted by Gasteiger charge is -2.36. The lowest BCUT2D eigenvalue weighted by atomic mass is 10.1. The normalized spacial score (nSPS) is 16.7. The summed E-state index contributed by atoms with van der Waals surface area (Å²) < 4.78 is 52.6. The van der Waals surface area contributed by atoms with Gasteiger partial charge in [-0.25, -0.2) is 13.6 Å². The van der Waals surface area contributed by atoms with Crippen LogP contribution in [-0.4, -0.2) is 50.3 Å². The van der Waals surface area contributed by atoms with Gasteiger partial charge in [0, 0.05) is 32.2 Å². The SMILES string of the molecule is NCc1ccc(C=CCS(=O)(=O)N(Cc2ccccc2)C2CCN(S(N)(=O)=O)CC2)cc1. The van der Waals surface area contributed by atoms with E-state index >= 15 is 0 Å². The van der Waals surface area contributed by atoms with Gasteiger partial charge in [0.05, 0.1) is 5.75 Å². The Balaban J connectivity index is 1.76. The average molecular weight is 479 g/mol. The summed E-state index contributed by atoms with van der Waals surface area (Å²) in [7, 11) is -7.40. The molecule has 3 rings (SSSR count). The Hall–Kier alpha value is -2.08. The quantitative estimate of drug-likeness (QED) is 0.567. The Morgan fingerprint density at radius 3 is 2.12 bits per heavy atom. The zero-order valence-corrected chi connectivity index (χ0v) is 19.5. The molecule has 1 aliphatic rings. The second-order valence-electron chi connectivity index (χ2n) is 7.83. The standard InChI is InChI=1S/C22H30N4O4S2/c23-17-20-10-8-19(9-11-20)7-4-16-31(27,28)26(18-21-5-2-1-3-6-21)22-12-14-25(15-13-22)32(24,29)30/h1-11,22H,12-18,23H2,(H2,24,29,30). The number of nitrogens with two attached hydrogens (primary N) is 2. The summed E-state index contributed by atoms with van der Waals surface area (Å²) in [5.74, 6) is -0.145. The molecule has 1 saturated heterocycles. The van der Waals surface area contributed by atoms with Gasteiger partial charge in [0.25, 0.3) is 10.2 Å². The fourth-order valence-corrected chi connectivity index (χ4v) is 6.03. The van der Waals surface area contributed by atoms with Gasteiger partial charge in [-0.05, 0) is 29.5 Å². The van der Waals surface area contributed by atoms with Gasteiger partial charge in [0.15, 0.2) is 0 Å². The molecule has 0 saturated carbocycles. The van der Waals surface area contributed by atoms with Crippen molar-refractivity contribution in [3.05, 3.63) is 77.4 Å². The van der Waals surface area contributed by atoms with Gasteiger partial charge in [-0.3, -0.25) is 0 Å². The summed E-state index contributed by atoms with van der Waals surface area (Å²) in [4.78, 5) is 0. The molecule has 0 radical (unpaired) electrons. The summed E-state index contributed by atoms with van der Waals surface area (Å²) in [5, 5.41) is 5.23. The Bertz CT molecular complexity index is 1110. The predicted octanol–water partition coefficient (Wildman–Crippen LogP) is 1.66. The first-order chi connectivity index (χ1) is 15.2. The summed E-state index contributed by atoms with van der Waals surface area (Å²) in [6.45, 7) is 1.10. The summed E-state index contributed by atoms with van der Waals surface area (Å²) in [5.41, 5.74) is 8.40. The first kappa shape index (κ1) is 24.6. The van der Waals surface area contributed by atoms with Crippen molar-refractivity contribution in [2.45, 2.75) is 32.0 Å². The van der Waals surface area contributed by atoms with E-state index in [1.165, 1.54) is 8.61 Å². The number of sulfonamides is 1. The maximum absolute atomic E-state index is 13.3. The van der Waals surface area contributed by atoms with Crippen molar-refractivity contribution >= 4 is 26.3 Å². The number of hydrogen-bond donors (Lipinski definition) is 2. The molecule has 4 N–H and O–H groups in total. The molecule has 0 atom stereocenters. The largest absolute Gasteiger partial charge is 0.326 e. The molecule has 10 heteroatoms. The van der Waals surface area contributed by atoms with Crippen molar-refractivity contribution in [3.8, 4) is 0 Å². The lowest BCUT2D eigenvalue weighted by molar-refractivity contribution is 0.213. The monoisotopic (exact) mass is 478 g/mol. The molecule has 0 aliphatic carbocycles. The van der Waals surface area contributed by atoms with Crippen LogP contribution < -0.4 is 10.9 Å². The molecular weight excluding hydrogens is 448 g/mol. The predicted molar refractivity (Wildman–Crippen MR) is 127 cm³/mol. The van der Waals surface area contributed by atoms with Crippen LogP contribution in [0, 0.1) is 0 Å². The van der Waals surface area contributed by atoms with Crippen molar-refractivity contribution in [2.75, 3.05) is 18.8 Å². The number of hydrogen-bond acceptors (Lipinski definition) is 5. The fraction of sp³-hybridized carbons (Fsp3) is 0.364. The van der Waals surface area contributed by atoms with Crippen molar-refractivity contribution in [2.24, 2.45) is 10.9 Å². The van der Waals surface area contributed by atoms with Gasteiger partial charge < -0.3 is 5.73 Å². The summed E-state index contributed by atoms with van der Waals surface area (Å²) in [6.07, 6.45) is 4.21. The third-order valence-electron chi connectivity index (χ3n) is 5.56. The van der Waals surface area contributed by atoms with E-state index in [9.17, 15) is 16.8 Å². The Morgan fingerprint density at radius 1 is 0.938 bits per heavy atom. The van der Waals surface area contributed by atoms with Crippen LogP contribution >= 0.6 is 0 Å². The maximum Gasteiger partial charge on any atom is 0.276 e. The van der Waals surface area contributed by atoms with Gasteiger partial charge in [0.1, 0.15) is 0 Å². The van der Waals surface area contributed by atoms with Gasteiger partial charge >= 0.3 is 0 Å². The molecule has 8 nitrogen and oxygen atoms in total. The van der Waals surface area contributed by atoms with Crippen LogP contribution in [0.2, 0.25) is 0 Å². The highest BCUT2D eigenvalue weighted by molar-refractivity contribution is 7.89. The van der Waals surface area contributed by atoms with Crippen molar-refractivity contribution in [3.63, 3.8) is 0 Å². The second kappa shape index (κ2) is 10.7. The summed E-state index contributed by atoms with van der Waals surface area (Å²) in [6, 6.07) is 16.7. The van der Waals surface area contributed by atoms with Crippen LogP contribution in [0.3, 0.4) is 0 Å². The molecule has 2 aromatic rings. The zero-order chi connectivity index (χ0) is 23.2. The van der Waals surface area contributed by atoms with Gasteiger partial charge in [-0.2, -0.15) is 17.0 Å². The topological polar surface area (TPSA) is 127 Å². The molecule has 32 heavy (non-hydrogen) atoms. The Morgan fingerprint density at radius 2 is 1.56 bits per heavy atom. The molecule has 0 spiro atoms. The van der Waals surface area contributed by atoms with Crippen molar-refractivity contribution < 1.29 is 16.8 Å². The third-order valence-corrected chi connectivity index (χ3v) is 8.40. The number of nitrogens with zero attached hydrogens (tertiary/aromatic N) is 2. The van der Waals surface area contributed by atoms with E-state index in [2.05, 4.69) is 0 Å². The van der Waals surface area contributed by atoms with Crippen molar-refractivity contribution in [1.29, 1.82) is 0 Å². The highest BCUT2D eigenvalue weighted by Gasteiger charge is 2.34. The Labute approximate surface area is 190 Å². The molecule has 0 amide bonds. The van der Waals surface area contributed by atoms with Crippen LogP contribution in [-0.2, 0) is 33.3 Å². The van der Waals surface area contributed by atoms with Crippen LogP contribution in [0.1, 0.15) is 29.5 Å². The zero-order valence-electron chi connectivity index (χ0n) is 17.9. The molecule has 0 unspecified atom stereocenters. The van der Waals surface area contributed by atoms with Gasteiger partial charge in [-0.1, -0.05) is 66.7 Å². The number of piperidine rings is 1. The van der Waals surface area contributed by atoms with E-state index in [1.807, 2.05) is 54.6 Å². The van der Waals surface area contributed by atoms with E-state index in [0.717, 1.165) is 16.7 Å². The lowest BCUT2D eigenvalue weighted by Crippen LogP contribution is -2.50. The van der Waals surface area contributed by atoms with E-state index in [0.29, 0.717) is 19.4 Å². The Kier molecular flexibility index (Phi) is 8.21. The maximum atomic E-state index is 13.3. The number of benzene rings is 2. The third kappa shape index (κ3) is 6.71. The highest BCUT2D eigenvalue weighted by Crippen LogP contribution is 2.23. The van der Waals surface area contributed by atoms with Crippen LogP contribution in [0.5, 0.6) is 0 Å². The first-order valence-electron chi connectivity index (χ1n) is 10.5. The molecule has 174 valence electrons. The molecule has 0 aromatic heterocycles. The van der Waals surface area contributed by atoms with Crippen LogP contribution in [0.15, 0.2) is 60.7 Å². The smallest absolute Gasteiger partial charge is 0.276 e. The molecule has 2 aromatic carbocycles. The first-order valence-corrected chi connectivity index (χ1v) is 13.6. The van der Waals surface area contributed by atoms with Crippen molar-refractivity contribution in [1.82, 2.24) is 8.61 Å². The molecule has 0 bridgehead atoms. The molecule has 1 heterocycles. The van der Waals surface area contributed by atoms with Crippen LogP contribution in [0.4, 0.5) is 0 Å². The molecular formula is C22H30N4O4S2. The number of rotatable bonds is 9.